The van der Waals surface area contributed by atoms with Crippen molar-refractivity contribution >= 4 is 11.9 Å². The molecule has 6 nitrogen and oxygen atoms in total. The largest absolute Gasteiger partial charge is 0.490 e. The van der Waals surface area contributed by atoms with Crippen LogP contribution in [0.25, 0.3) is 0 Å². The lowest BCUT2D eigenvalue weighted by molar-refractivity contribution is -0.142. The first kappa shape index (κ1) is 17.6. The second kappa shape index (κ2) is 10.3. The molecule has 0 bridgehead atoms. The molecule has 6 heteroatoms. The van der Waals surface area contributed by atoms with Crippen LogP contribution in [-0.4, -0.2) is 38.4 Å². The Bertz CT molecular complexity index is 453. The van der Waals surface area contributed by atoms with Crippen LogP contribution in [0.4, 0.5) is 0 Å². The Balaban J connectivity index is 2.32. The number of allylic oxidation sites excluding steroid dienone is 6. The summed E-state index contributed by atoms with van der Waals surface area (Å²) in [5, 5.41) is 0. The second-order valence-electron chi connectivity index (χ2n) is 4.23. The van der Waals surface area contributed by atoms with Crippen LogP contribution >= 0.6 is 0 Å². The molecule has 22 heavy (non-hydrogen) atoms. The van der Waals surface area contributed by atoms with Gasteiger partial charge in [-0.05, 0) is 24.3 Å². The van der Waals surface area contributed by atoms with E-state index < -0.39 is 0 Å². The van der Waals surface area contributed by atoms with Gasteiger partial charge in [-0.3, -0.25) is 9.59 Å². The highest BCUT2D eigenvalue weighted by molar-refractivity contribution is 5.66. The van der Waals surface area contributed by atoms with E-state index in [0.717, 1.165) is 0 Å². The molecule has 0 N–H and O–H groups in total. The third-order valence-electron chi connectivity index (χ3n) is 2.36. The summed E-state index contributed by atoms with van der Waals surface area (Å²) in [6.07, 6.45) is 10.6. The van der Waals surface area contributed by atoms with E-state index in [-0.39, 0.29) is 25.2 Å². The molecule has 120 valence electrons. The summed E-state index contributed by atoms with van der Waals surface area (Å²) < 4.78 is 20.4. The Kier molecular flexibility index (Phi) is 8.18. The van der Waals surface area contributed by atoms with Crippen LogP contribution < -0.4 is 0 Å². The number of rotatable bonds is 8. The van der Waals surface area contributed by atoms with Crippen molar-refractivity contribution in [2.24, 2.45) is 0 Å². The van der Waals surface area contributed by atoms with Crippen LogP contribution in [0.1, 0.15) is 13.8 Å². The molecule has 0 aromatic rings. The van der Waals surface area contributed by atoms with E-state index in [9.17, 15) is 9.59 Å². The Morgan fingerprint density at radius 2 is 1.18 bits per heavy atom. The number of hydrogen-bond acceptors (Lipinski definition) is 6. The minimum absolute atomic E-state index is 0.213. The minimum atomic E-state index is -0.329. The van der Waals surface area contributed by atoms with Gasteiger partial charge in [0.05, 0.1) is 0 Å². The fraction of sp³-hybridized carbons (Fsp3) is 0.375. The summed E-state index contributed by atoms with van der Waals surface area (Å²) in [5.74, 6) is 0.644. The molecule has 0 heterocycles. The molecule has 1 aliphatic rings. The maximum atomic E-state index is 10.6. The highest BCUT2D eigenvalue weighted by Crippen LogP contribution is 2.08. The predicted octanol–water partition coefficient (Wildman–Crippen LogP) is 2.04. The Hall–Kier alpha value is -2.50. The van der Waals surface area contributed by atoms with Gasteiger partial charge in [-0.25, -0.2) is 0 Å². The maximum Gasteiger partial charge on any atom is 0.302 e. The molecule has 0 fully saturated rings. The van der Waals surface area contributed by atoms with Crippen molar-refractivity contribution in [3.63, 3.8) is 0 Å². The van der Waals surface area contributed by atoms with Gasteiger partial charge in [-0.1, -0.05) is 12.2 Å². The van der Waals surface area contributed by atoms with Crippen molar-refractivity contribution in [3.8, 4) is 0 Å². The normalized spacial score (nSPS) is 21.0. The number of hydrogen-bond donors (Lipinski definition) is 0. The van der Waals surface area contributed by atoms with E-state index in [4.69, 9.17) is 18.9 Å². The predicted molar refractivity (Wildman–Crippen MR) is 79.6 cm³/mol. The lowest BCUT2D eigenvalue weighted by Crippen LogP contribution is -2.07. The van der Waals surface area contributed by atoms with Gasteiger partial charge in [0.2, 0.25) is 0 Å². The number of carbonyl (C=O) groups excluding carboxylic acids is 2. The molecule has 0 atom stereocenters. The van der Waals surface area contributed by atoms with Gasteiger partial charge < -0.3 is 18.9 Å². The standard InChI is InChI=1S/C16H20O6/c1-13(17)19-9-11-21-15-5-3-7-16(8-4-6-15)22-12-10-20-14(2)18/h3-8H,9-12H2,1-2H3/b5-3-,6-4?,7-3?,8-4-,15-5?,15-6+,16-7+,16-8?. The van der Waals surface area contributed by atoms with E-state index in [2.05, 4.69) is 0 Å². The molecule has 0 unspecified atom stereocenters. The zero-order valence-electron chi connectivity index (χ0n) is 12.7. The maximum absolute atomic E-state index is 10.6. The smallest absolute Gasteiger partial charge is 0.302 e. The quantitative estimate of drug-likeness (QED) is 0.505. The summed E-state index contributed by atoms with van der Waals surface area (Å²) in [5.41, 5.74) is 0. The first-order valence-electron chi connectivity index (χ1n) is 6.87. The summed E-state index contributed by atoms with van der Waals surface area (Å²) in [6, 6.07) is 0. The Labute approximate surface area is 129 Å². The molecule has 1 aliphatic carbocycles. The topological polar surface area (TPSA) is 71.1 Å². The zero-order chi connectivity index (χ0) is 16.2. The van der Waals surface area contributed by atoms with Crippen molar-refractivity contribution in [1.29, 1.82) is 0 Å². The van der Waals surface area contributed by atoms with Gasteiger partial charge in [0.1, 0.15) is 37.9 Å². The molecule has 0 aromatic heterocycles. The number of ether oxygens (including phenoxy) is 4. The zero-order valence-corrected chi connectivity index (χ0v) is 12.7. The van der Waals surface area contributed by atoms with Crippen molar-refractivity contribution in [2.45, 2.75) is 13.8 Å². The van der Waals surface area contributed by atoms with E-state index in [1.54, 1.807) is 36.5 Å². The fourth-order valence-electron chi connectivity index (χ4n) is 1.47. The van der Waals surface area contributed by atoms with Crippen LogP contribution in [0.15, 0.2) is 48.0 Å². The number of carbonyl (C=O) groups is 2. The summed E-state index contributed by atoms with van der Waals surface area (Å²) >= 11 is 0. The van der Waals surface area contributed by atoms with Gasteiger partial charge in [0, 0.05) is 13.8 Å². The third-order valence-corrected chi connectivity index (χ3v) is 2.36. The van der Waals surface area contributed by atoms with Gasteiger partial charge in [0.15, 0.2) is 0 Å². The van der Waals surface area contributed by atoms with Crippen molar-refractivity contribution < 1.29 is 28.5 Å². The molecule has 0 aliphatic heterocycles. The van der Waals surface area contributed by atoms with Crippen LogP contribution in [0, 0.1) is 0 Å². The molecule has 0 saturated carbocycles. The Morgan fingerprint density at radius 1 is 0.773 bits per heavy atom. The van der Waals surface area contributed by atoms with Crippen LogP contribution in [0.2, 0.25) is 0 Å². The van der Waals surface area contributed by atoms with Gasteiger partial charge >= 0.3 is 11.9 Å². The second-order valence-corrected chi connectivity index (χ2v) is 4.23. The molecule has 0 aromatic carbocycles. The van der Waals surface area contributed by atoms with E-state index in [1.807, 2.05) is 0 Å². The van der Waals surface area contributed by atoms with Gasteiger partial charge in [-0.15, -0.1) is 0 Å². The van der Waals surface area contributed by atoms with Gasteiger partial charge in [-0.2, -0.15) is 0 Å². The SMILES string of the molecule is CC(=O)OCCOC1=C/C=C\C(OCCOC(C)=O)=C/C=C\1. The summed E-state index contributed by atoms with van der Waals surface area (Å²) in [4.78, 5) is 21.2. The van der Waals surface area contributed by atoms with Gasteiger partial charge in [0.25, 0.3) is 0 Å². The minimum Gasteiger partial charge on any atom is -0.490 e. The summed E-state index contributed by atoms with van der Waals surface area (Å²) in [7, 11) is 0. The third kappa shape index (κ3) is 8.63. The Morgan fingerprint density at radius 3 is 1.55 bits per heavy atom. The molecule has 0 saturated heterocycles. The van der Waals surface area contributed by atoms with E-state index in [1.165, 1.54) is 13.8 Å². The lowest BCUT2D eigenvalue weighted by Gasteiger charge is -2.09. The molecule has 0 radical (unpaired) electrons. The van der Waals surface area contributed by atoms with Crippen molar-refractivity contribution in [1.82, 2.24) is 0 Å². The molecule has 1 rings (SSSR count). The highest BCUT2D eigenvalue weighted by Gasteiger charge is 1.99. The first-order valence-corrected chi connectivity index (χ1v) is 6.87. The lowest BCUT2D eigenvalue weighted by atomic mass is 10.2. The van der Waals surface area contributed by atoms with Crippen LogP contribution in [0.3, 0.4) is 0 Å². The first-order chi connectivity index (χ1) is 10.6. The monoisotopic (exact) mass is 308 g/mol. The molecular weight excluding hydrogens is 288 g/mol. The molecule has 0 spiro atoms. The number of esters is 2. The van der Waals surface area contributed by atoms with E-state index >= 15 is 0 Å². The highest BCUT2D eigenvalue weighted by atomic mass is 16.6. The average Bonchev–Trinajstić information content (AvgIpc) is 2.42. The van der Waals surface area contributed by atoms with Crippen molar-refractivity contribution in [2.75, 3.05) is 26.4 Å². The van der Waals surface area contributed by atoms with Crippen molar-refractivity contribution in [3.05, 3.63) is 48.0 Å². The fourth-order valence-corrected chi connectivity index (χ4v) is 1.47. The van der Waals surface area contributed by atoms with Crippen LogP contribution in [0.5, 0.6) is 0 Å². The molecular formula is C16H20O6. The molecule has 0 amide bonds. The van der Waals surface area contributed by atoms with E-state index in [0.29, 0.717) is 24.7 Å². The van der Waals surface area contributed by atoms with Crippen LogP contribution in [-0.2, 0) is 28.5 Å². The average molecular weight is 308 g/mol. The summed E-state index contributed by atoms with van der Waals surface area (Å²) in [6.45, 7) is 3.71.